The molecular formula is C36H46Cl4N4O5S. The van der Waals surface area contributed by atoms with Gasteiger partial charge in [0, 0.05) is 17.1 Å². The van der Waals surface area contributed by atoms with Gasteiger partial charge in [-0.2, -0.15) is 0 Å². The Balaban J connectivity index is 1.72. The fourth-order valence-electron chi connectivity index (χ4n) is 4.65. The van der Waals surface area contributed by atoms with Gasteiger partial charge in [0.2, 0.25) is 10.0 Å². The predicted octanol–water partition coefficient (Wildman–Crippen LogP) is 9.86. The van der Waals surface area contributed by atoms with E-state index in [1.807, 2.05) is 6.07 Å². The highest BCUT2D eigenvalue weighted by atomic mass is 35.5. The zero-order chi connectivity index (χ0) is 37.3. The van der Waals surface area contributed by atoms with E-state index in [0.717, 1.165) is 30.2 Å². The molecule has 3 aromatic carbocycles. The number of hydrazine groups is 1. The second kappa shape index (κ2) is 18.1. The van der Waals surface area contributed by atoms with Gasteiger partial charge in [0.25, 0.3) is 0 Å². The summed E-state index contributed by atoms with van der Waals surface area (Å²) >= 11 is 25.0. The van der Waals surface area contributed by atoms with Crippen LogP contribution < -0.4 is 25.6 Å². The highest BCUT2D eigenvalue weighted by molar-refractivity contribution is 7.89. The molecule has 3 rings (SSSR count). The molecule has 274 valence electrons. The summed E-state index contributed by atoms with van der Waals surface area (Å²) in [4.78, 5) is 12.3. The number of nitrogens with one attached hydrogen (secondary N) is 4. The molecule has 14 heteroatoms. The second-order valence-electron chi connectivity index (χ2n) is 12.9. The highest BCUT2D eigenvalue weighted by Crippen LogP contribution is 2.39. The summed E-state index contributed by atoms with van der Waals surface area (Å²) in [5.74, 6) is 0.190. The van der Waals surface area contributed by atoms with Crippen molar-refractivity contribution in [1.82, 2.24) is 10.1 Å². The molecule has 0 spiro atoms. The maximum atomic E-state index is 13.3. The molecule has 9 nitrogen and oxygen atoms in total. The van der Waals surface area contributed by atoms with Gasteiger partial charge < -0.3 is 14.8 Å². The van der Waals surface area contributed by atoms with Crippen molar-refractivity contribution in [3.05, 3.63) is 91.6 Å². The Morgan fingerprint density at radius 1 is 0.860 bits per heavy atom. The Kier molecular flexibility index (Phi) is 15.0. The van der Waals surface area contributed by atoms with Crippen molar-refractivity contribution in [2.45, 2.75) is 83.5 Å². The minimum atomic E-state index is -3.94. The first-order valence-electron chi connectivity index (χ1n) is 16.3. The van der Waals surface area contributed by atoms with Crippen LogP contribution in [0.2, 0.25) is 20.1 Å². The standard InChI is InChI=1S/C36H46Cl4N4O5S/c1-8-35(4,5)23-12-15-31(26(18-23)36(6,7)9-2)49-17-11-16-41-50(46,47)25-13-14-27(38)30(21-25)42-32(22-33(45)48-10-3)43-44-34-28(39)19-24(37)20-29(34)40/h12-15,18-22,41-44H,8-11,16-17H2,1-7H3. The Labute approximate surface area is 316 Å². The van der Waals surface area contributed by atoms with Crippen LogP contribution >= 0.6 is 46.4 Å². The Bertz CT molecular complexity index is 1780. The van der Waals surface area contributed by atoms with Crippen molar-refractivity contribution in [3.8, 4) is 5.75 Å². The van der Waals surface area contributed by atoms with E-state index in [0.29, 0.717) is 18.1 Å². The number of hydrogen-bond acceptors (Lipinski definition) is 8. The van der Waals surface area contributed by atoms with E-state index in [-0.39, 0.29) is 61.1 Å². The van der Waals surface area contributed by atoms with Crippen LogP contribution in [0, 0.1) is 0 Å². The summed E-state index contributed by atoms with van der Waals surface area (Å²) in [6.07, 6.45) is 3.51. The summed E-state index contributed by atoms with van der Waals surface area (Å²) in [6, 6.07) is 13.5. The number of benzene rings is 3. The van der Waals surface area contributed by atoms with E-state index in [1.54, 1.807) is 6.92 Å². The third kappa shape index (κ3) is 11.3. The molecule has 0 aromatic heterocycles. The van der Waals surface area contributed by atoms with Crippen molar-refractivity contribution in [2.24, 2.45) is 0 Å². The lowest BCUT2D eigenvalue weighted by Crippen LogP contribution is -2.28. The van der Waals surface area contributed by atoms with Gasteiger partial charge in [-0.25, -0.2) is 17.9 Å². The summed E-state index contributed by atoms with van der Waals surface area (Å²) in [7, 11) is -3.94. The normalized spacial score (nSPS) is 12.4. The zero-order valence-electron chi connectivity index (χ0n) is 29.4. The van der Waals surface area contributed by atoms with E-state index < -0.39 is 16.0 Å². The smallest absolute Gasteiger partial charge is 0.334 e. The fraction of sp³-hybridized carbons (Fsp3) is 0.417. The SMILES string of the molecule is CCOC(=O)C=C(NNc1c(Cl)cc(Cl)cc1Cl)Nc1cc(S(=O)(=O)NCCCOc2ccc(C(C)(C)CC)cc2C(C)(C)CC)ccc1Cl. The minimum Gasteiger partial charge on any atom is -0.493 e. The van der Waals surface area contributed by atoms with Gasteiger partial charge in [-0.3, -0.25) is 10.9 Å². The van der Waals surface area contributed by atoms with E-state index in [4.69, 9.17) is 55.9 Å². The summed E-state index contributed by atoms with van der Waals surface area (Å²) in [5.41, 5.74) is 8.45. The molecule has 0 heterocycles. The molecule has 0 aliphatic carbocycles. The maximum Gasteiger partial charge on any atom is 0.334 e. The molecule has 0 aliphatic rings. The van der Waals surface area contributed by atoms with Gasteiger partial charge in [-0.15, -0.1) is 0 Å². The highest BCUT2D eigenvalue weighted by Gasteiger charge is 2.27. The number of esters is 1. The molecule has 0 atom stereocenters. The lowest BCUT2D eigenvalue weighted by molar-refractivity contribution is -0.137. The molecule has 0 fully saturated rings. The average Bonchev–Trinajstić information content (AvgIpc) is 3.04. The third-order valence-electron chi connectivity index (χ3n) is 8.52. The van der Waals surface area contributed by atoms with E-state index >= 15 is 0 Å². The number of ether oxygens (including phenoxy) is 2. The fourth-order valence-corrected chi connectivity index (χ4v) is 6.83. The predicted molar refractivity (Wildman–Crippen MR) is 206 cm³/mol. The van der Waals surface area contributed by atoms with Crippen molar-refractivity contribution in [1.29, 1.82) is 0 Å². The molecule has 0 amide bonds. The van der Waals surface area contributed by atoms with E-state index in [1.165, 1.54) is 35.9 Å². The average molecular weight is 789 g/mol. The van der Waals surface area contributed by atoms with Gasteiger partial charge >= 0.3 is 5.97 Å². The number of halogens is 4. The summed E-state index contributed by atoms with van der Waals surface area (Å²) in [5, 5.41) is 3.89. The van der Waals surface area contributed by atoms with Crippen LogP contribution in [-0.4, -0.2) is 34.1 Å². The Morgan fingerprint density at radius 2 is 1.52 bits per heavy atom. The van der Waals surface area contributed by atoms with Gasteiger partial charge in [0.1, 0.15) is 11.6 Å². The number of rotatable bonds is 18. The third-order valence-corrected chi connectivity index (χ3v) is 11.1. The monoisotopic (exact) mass is 786 g/mol. The molecule has 0 radical (unpaired) electrons. The second-order valence-corrected chi connectivity index (χ2v) is 16.3. The molecule has 50 heavy (non-hydrogen) atoms. The van der Waals surface area contributed by atoms with Crippen LogP contribution in [0.1, 0.15) is 78.9 Å². The zero-order valence-corrected chi connectivity index (χ0v) is 33.2. The van der Waals surface area contributed by atoms with Crippen LogP contribution in [-0.2, 0) is 30.4 Å². The molecular weight excluding hydrogens is 742 g/mol. The van der Waals surface area contributed by atoms with Crippen molar-refractivity contribution in [2.75, 3.05) is 30.5 Å². The lowest BCUT2D eigenvalue weighted by Gasteiger charge is -2.30. The lowest BCUT2D eigenvalue weighted by atomic mass is 9.76. The van der Waals surface area contributed by atoms with Crippen LogP contribution in [0.3, 0.4) is 0 Å². The number of anilines is 2. The first-order valence-corrected chi connectivity index (χ1v) is 19.3. The van der Waals surface area contributed by atoms with Crippen LogP contribution in [0.25, 0.3) is 0 Å². The number of carbonyl (C=O) groups excluding carboxylic acids is 1. The van der Waals surface area contributed by atoms with Crippen LogP contribution in [0.5, 0.6) is 5.75 Å². The van der Waals surface area contributed by atoms with E-state index in [2.05, 4.69) is 74.6 Å². The van der Waals surface area contributed by atoms with Crippen molar-refractivity contribution < 1.29 is 22.7 Å². The van der Waals surface area contributed by atoms with E-state index in [9.17, 15) is 13.2 Å². The Morgan fingerprint density at radius 3 is 2.14 bits per heavy atom. The quantitative estimate of drug-likeness (QED) is 0.0436. The van der Waals surface area contributed by atoms with Gasteiger partial charge in [0.05, 0.1) is 50.6 Å². The van der Waals surface area contributed by atoms with Gasteiger partial charge in [0.15, 0.2) is 0 Å². The number of hydrogen-bond donors (Lipinski definition) is 4. The summed E-state index contributed by atoms with van der Waals surface area (Å²) < 4.78 is 40.5. The van der Waals surface area contributed by atoms with Crippen molar-refractivity contribution >= 4 is 73.8 Å². The molecule has 4 N–H and O–H groups in total. The summed E-state index contributed by atoms with van der Waals surface area (Å²) in [6.45, 7) is 15.5. The van der Waals surface area contributed by atoms with Crippen LogP contribution in [0.15, 0.2) is 65.3 Å². The number of sulfonamides is 1. The van der Waals surface area contributed by atoms with Crippen molar-refractivity contribution in [3.63, 3.8) is 0 Å². The molecule has 0 aliphatic heterocycles. The molecule has 0 unspecified atom stereocenters. The first kappa shape index (κ1) is 41.6. The topological polar surface area (TPSA) is 118 Å². The molecule has 0 saturated carbocycles. The van der Waals surface area contributed by atoms with Gasteiger partial charge in [-0.1, -0.05) is 100 Å². The van der Waals surface area contributed by atoms with Gasteiger partial charge in [-0.05, 0) is 79.0 Å². The molecule has 0 saturated heterocycles. The minimum absolute atomic E-state index is 0.0403. The Hall–Kier alpha value is -2.86. The largest absolute Gasteiger partial charge is 0.493 e. The first-order chi connectivity index (χ1) is 23.4. The maximum absolute atomic E-state index is 13.3. The van der Waals surface area contributed by atoms with Crippen LogP contribution in [0.4, 0.5) is 11.4 Å². The molecule has 3 aromatic rings. The number of carbonyl (C=O) groups is 1. The molecule has 0 bridgehead atoms.